The number of hydrogen-bond donors (Lipinski definition) is 1. The molecule has 10 heteroatoms. The maximum absolute atomic E-state index is 10.8. The van der Waals surface area contributed by atoms with Crippen molar-refractivity contribution < 1.29 is 35.4 Å². The number of nitrogens with one attached hydrogen (secondary N) is 1. The minimum Gasteiger partial charge on any atom is -0.741 e. The van der Waals surface area contributed by atoms with Crippen LogP contribution in [0.5, 0.6) is 0 Å². The van der Waals surface area contributed by atoms with Crippen molar-refractivity contribution in [2.45, 2.75) is 25.3 Å². The lowest BCUT2D eigenvalue weighted by Crippen LogP contribution is -2.35. The maximum atomic E-state index is 10.8. The summed E-state index contributed by atoms with van der Waals surface area (Å²) >= 11 is 0. The molecular formula is C13H21F3N2O4S. The number of H-pyrrole nitrogens is 1. The molecular weight excluding hydrogens is 337 g/mol. The maximum Gasteiger partial charge on any atom is 0.485 e. The number of halogens is 3. The van der Waals surface area contributed by atoms with Crippen molar-refractivity contribution in [2.75, 3.05) is 27.7 Å². The van der Waals surface area contributed by atoms with Gasteiger partial charge in [0.25, 0.3) is 0 Å². The molecule has 0 unspecified atom stereocenters. The number of quaternary nitrogens is 1. The zero-order chi connectivity index (χ0) is 18.5. The topological polar surface area (TPSA) is 90.1 Å². The van der Waals surface area contributed by atoms with Gasteiger partial charge >= 0.3 is 5.51 Å². The van der Waals surface area contributed by atoms with Crippen molar-refractivity contribution in [1.82, 2.24) is 4.98 Å². The number of aryl methyl sites for hydroxylation is 1. The summed E-state index contributed by atoms with van der Waals surface area (Å²) in [7, 11) is 0.465. The van der Waals surface area contributed by atoms with Crippen molar-refractivity contribution in [3.05, 3.63) is 23.0 Å². The number of aromatic nitrogens is 1. The third-order valence-electron chi connectivity index (χ3n) is 2.90. The van der Waals surface area contributed by atoms with Crippen LogP contribution in [0.4, 0.5) is 13.2 Å². The van der Waals surface area contributed by atoms with Gasteiger partial charge in [0.05, 0.1) is 33.4 Å². The minimum atomic E-state index is -6.09. The molecule has 0 aliphatic carbocycles. The molecule has 0 saturated carbocycles. The molecule has 0 aliphatic heterocycles. The van der Waals surface area contributed by atoms with Gasteiger partial charge in [-0.05, 0) is 24.5 Å². The Morgan fingerprint density at radius 2 is 1.78 bits per heavy atom. The van der Waals surface area contributed by atoms with Crippen molar-refractivity contribution in [2.24, 2.45) is 0 Å². The molecule has 134 valence electrons. The lowest BCUT2D eigenvalue weighted by Gasteiger charge is -2.23. The molecule has 0 atom stereocenters. The molecule has 1 aromatic heterocycles. The largest absolute Gasteiger partial charge is 0.741 e. The van der Waals surface area contributed by atoms with Gasteiger partial charge in [0.2, 0.25) is 0 Å². The molecule has 0 radical (unpaired) electrons. The second-order valence-electron chi connectivity index (χ2n) is 6.00. The van der Waals surface area contributed by atoms with Crippen LogP contribution in [-0.4, -0.2) is 61.9 Å². The van der Waals surface area contributed by atoms with Gasteiger partial charge in [-0.25, -0.2) is 8.42 Å². The quantitative estimate of drug-likeness (QED) is 0.376. The molecule has 0 aromatic carbocycles. The normalized spacial score (nSPS) is 12.5. The second kappa shape index (κ2) is 7.93. The van der Waals surface area contributed by atoms with Crippen LogP contribution in [0.2, 0.25) is 0 Å². The Hall–Kier alpha value is -1.39. The van der Waals surface area contributed by atoms with E-state index in [0.29, 0.717) is 0 Å². The van der Waals surface area contributed by atoms with Crippen molar-refractivity contribution in [3.8, 4) is 0 Å². The first-order valence-electron chi connectivity index (χ1n) is 6.63. The molecule has 1 aromatic rings. The van der Waals surface area contributed by atoms with Gasteiger partial charge in [0.1, 0.15) is 0 Å². The Morgan fingerprint density at radius 3 is 2.13 bits per heavy atom. The first kappa shape index (κ1) is 21.6. The molecule has 0 amide bonds. The fourth-order valence-corrected chi connectivity index (χ4v) is 1.74. The van der Waals surface area contributed by atoms with Crippen LogP contribution in [0.15, 0.2) is 6.20 Å². The van der Waals surface area contributed by atoms with Crippen LogP contribution in [0.3, 0.4) is 0 Å². The second-order valence-corrected chi connectivity index (χ2v) is 7.37. The summed E-state index contributed by atoms with van der Waals surface area (Å²) in [6.07, 6.45) is 4.92. The summed E-state index contributed by atoms with van der Waals surface area (Å²) < 4.78 is 59.9. The Bertz CT molecular complexity index is 616. The summed E-state index contributed by atoms with van der Waals surface area (Å²) in [6.45, 7) is 3.17. The number of nitrogens with zero attached hydrogens (tertiary/aromatic N) is 1. The molecule has 0 fully saturated rings. The Morgan fingerprint density at radius 1 is 1.30 bits per heavy atom. The Labute approximate surface area is 133 Å². The zero-order valence-corrected chi connectivity index (χ0v) is 14.2. The van der Waals surface area contributed by atoms with E-state index in [0.717, 1.165) is 35.8 Å². The van der Waals surface area contributed by atoms with E-state index in [1.54, 1.807) is 0 Å². The van der Waals surface area contributed by atoms with E-state index >= 15 is 0 Å². The third-order valence-corrected chi connectivity index (χ3v) is 3.47. The van der Waals surface area contributed by atoms with E-state index in [2.05, 4.69) is 26.1 Å². The van der Waals surface area contributed by atoms with Crippen LogP contribution in [0, 0.1) is 6.92 Å². The Balaban J connectivity index is 0.000000515. The highest BCUT2D eigenvalue weighted by Gasteiger charge is 2.36. The number of aldehydes is 1. The number of rotatable bonds is 5. The fraction of sp³-hybridized carbons (Fsp3) is 0.615. The summed E-state index contributed by atoms with van der Waals surface area (Å²) in [5, 5.41) is 0. The SMILES string of the molecule is Cc1c[nH]c(C=O)c1CCC[N+](C)(C)C.O=S(=O)([O-])C(F)(F)F. The van der Waals surface area contributed by atoms with Crippen molar-refractivity contribution in [3.63, 3.8) is 0 Å². The summed E-state index contributed by atoms with van der Waals surface area (Å²) in [4.78, 5) is 13.8. The number of hydrogen-bond acceptors (Lipinski definition) is 4. The van der Waals surface area contributed by atoms with E-state index in [1.165, 1.54) is 11.1 Å². The molecule has 6 nitrogen and oxygen atoms in total. The average molecular weight is 358 g/mol. The molecule has 1 N–H and O–H groups in total. The number of carbonyl (C=O) groups is 1. The van der Waals surface area contributed by atoms with Gasteiger partial charge in [-0.2, -0.15) is 13.2 Å². The molecule has 0 spiro atoms. The number of alkyl halides is 3. The van der Waals surface area contributed by atoms with Gasteiger partial charge in [-0.1, -0.05) is 0 Å². The van der Waals surface area contributed by atoms with Gasteiger partial charge in [-0.15, -0.1) is 0 Å². The van der Waals surface area contributed by atoms with E-state index < -0.39 is 15.6 Å². The van der Waals surface area contributed by atoms with Crippen LogP contribution >= 0.6 is 0 Å². The fourth-order valence-electron chi connectivity index (χ4n) is 1.74. The van der Waals surface area contributed by atoms with Gasteiger partial charge < -0.3 is 14.0 Å². The lowest BCUT2D eigenvalue weighted by molar-refractivity contribution is -0.870. The first-order chi connectivity index (χ1) is 10.2. The van der Waals surface area contributed by atoms with Crippen LogP contribution < -0.4 is 0 Å². The average Bonchev–Trinajstić information content (AvgIpc) is 2.67. The molecule has 0 saturated heterocycles. The highest BCUT2D eigenvalue weighted by atomic mass is 32.2. The molecule has 23 heavy (non-hydrogen) atoms. The van der Waals surface area contributed by atoms with Crippen LogP contribution in [0.25, 0.3) is 0 Å². The molecule has 1 heterocycles. The van der Waals surface area contributed by atoms with Gasteiger partial charge in [-0.3, -0.25) is 4.79 Å². The van der Waals surface area contributed by atoms with Crippen molar-refractivity contribution >= 4 is 16.4 Å². The molecule has 0 aliphatic rings. The monoisotopic (exact) mass is 358 g/mol. The van der Waals surface area contributed by atoms with Gasteiger partial charge in [0, 0.05) is 12.6 Å². The number of carbonyl (C=O) groups excluding carboxylic acids is 1. The summed E-state index contributed by atoms with van der Waals surface area (Å²) in [5.41, 5.74) is -2.53. The highest BCUT2D eigenvalue weighted by molar-refractivity contribution is 7.86. The first-order valence-corrected chi connectivity index (χ1v) is 8.04. The van der Waals surface area contributed by atoms with Crippen LogP contribution in [-0.2, 0) is 16.5 Å². The predicted molar refractivity (Wildman–Crippen MR) is 77.9 cm³/mol. The molecule has 1 rings (SSSR count). The van der Waals surface area contributed by atoms with Crippen LogP contribution in [0.1, 0.15) is 28.0 Å². The standard InChI is InChI=1S/C12H20N2O.CHF3O3S/c1-10-8-13-12(9-15)11(10)6-5-7-14(2,3)4;2-1(3,4)8(5,6)7/h8-9H,5-7H2,1-4H3;(H,5,6,7). The predicted octanol–water partition coefficient (Wildman–Crippen LogP) is 1.83. The smallest absolute Gasteiger partial charge is 0.485 e. The zero-order valence-electron chi connectivity index (χ0n) is 13.4. The molecule has 0 bridgehead atoms. The minimum absolute atomic E-state index is 0.744. The van der Waals surface area contributed by atoms with E-state index in [-0.39, 0.29) is 0 Å². The van der Waals surface area contributed by atoms with Crippen molar-refractivity contribution in [1.29, 1.82) is 0 Å². The Kier molecular flexibility index (Phi) is 7.45. The lowest BCUT2D eigenvalue weighted by atomic mass is 10.1. The van der Waals surface area contributed by atoms with Gasteiger partial charge in [0.15, 0.2) is 16.4 Å². The highest BCUT2D eigenvalue weighted by Crippen LogP contribution is 2.20. The van der Waals surface area contributed by atoms with E-state index in [1.807, 2.05) is 13.1 Å². The summed E-state index contributed by atoms with van der Waals surface area (Å²) in [6, 6.07) is 0. The summed E-state index contributed by atoms with van der Waals surface area (Å²) in [5.74, 6) is 0. The van der Waals surface area contributed by atoms with E-state index in [4.69, 9.17) is 13.0 Å². The number of aromatic amines is 1. The third kappa shape index (κ3) is 8.14. The van der Waals surface area contributed by atoms with E-state index in [9.17, 15) is 18.0 Å².